The van der Waals surface area contributed by atoms with Gasteiger partial charge in [-0.05, 0) is 6.92 Å². The Morgan fingerprint density at radius 1 is 1.50 bits per heavy atom. The van der Waals surface area contributed by atoms with E-state index in [4.69, 9.17) is 15.9 Å². The molecule has 0 bridgehead atoms. The molecule has 0 spiro atoms. The first-order valence-electron chi connectivity index (χ1n) is 3.95. The van der Waals surface area contributed by atoms with Gasteiger partial charge in [0.25, 0.3) is 0 Å². The Morgan fingerprint density at radius 2 is 2.17 bits per heavy atom. The molecule has 0 fully saturated rings. The number of nitrogens with one attached hydrogen (secondary N) is 1. The minimum absolute atomic E-state index is 0.0748. The summed E-state index contributed by atoms with van der Waals surface area (Å²) >= 11 is 0. The molecule has 0 aliphatic rings. The molecule has 2 atom stereocenters. The highest BCUT2D eigenvalue weighted by molar-refractivity contribution is 4.95. The van der Waals surface area contributed by atoms with Crippen LogP contribution in [0, 0.1) is 12.3 Å². The number of hydrogen-bond donors (Lipinski definition) is 1. The third-order valence-corrected chi connectivity index (χ3v) is 1.59. The smallest absolute Gasteiger partial charge is 0.0928 e. The zero-order valence-corrected chi connectivity index (χ0v) is 7.96. The van der Waals surface area contributed by atoms with Crippen molar-refractivity contribution in [3.63, 3.8) is 0 Å². The molecule has 0 aromatic carbocycles. The lowest BCUT2D eigenvalue weighted by atomic mass is 10.3. The molecule has 0 amide bonds. The fourth-order valence-electron chi connectivity index (χ4n) is 0.763. The number of methoxy groups -OCH3 is 2. The summed E-state index contributed by atoms with van der Waals surface area (Å²) in [5, 5.41) is 3.13. The predicted octanol–water partition coefficient (Wildman–Crippen LogP) is 0.259. The molecule has 3 heteroatoms. The summed E-state index contributed by atoms with van der Waals surface area (Å²) in [6.07, 6.45) is 5.26. The molecule has 70 valence electrons. The number of rotatable bonds is 6. The van der Waals surface area contributed by atoms with Gasteiger partial charge in [0.15, 0.2) is 0 Å². The van der Waals surface area contributed by atoms with E-state index in [0.29, 0.717) is 6.61 Å². The lowest BCUT2D eigenvalue weighted by Gasteiger charge is -2.16. The van der Waals surface area contributed by atoms with Crippen LogP contribution in [0.25, 0.3) is 0 Å². The van der Waals surface area contributed by atoms with E-state index in [1.807, 2.05) is 6.92 Å². The highest BCUT2D eigenvalue weighted by atomic mass is 16.5. The van der Waals surface area contributed by atoms with Crippen LogP contribution in [0.1, 0.15) is 6.92 Å². The fraction of sp³-hybridized carbons (Fsp3) is 0.778. The van der Waals surface area contributed by atoms with Crippen LogP contribution in [0.15, 0.2) is 0 Å². The van der Waals surface area contributed by atoms with Crippen molar-refractivity contribution < 1.29 is 9.47 Å². The Hall–Kier alpha value is -0.560. The molecule has 0 aliphatic carbocycles. The molecular weight excluding hydrogens is 154 g/mol. The maximum atomic E-state index is 5.19. The van der Waals surface area contributed by atoms with E-state index >= 15 is 0 Å². The van der Waals surface area contributed by atoms with Crippen molar-refractivity contribution >= 4 is 0 Å². The van der Waals surface area contributed by atoms with E-state index in [1.54, 1.807) is 14.2 Å². The number of ether oxygens (including phenoxy) is 2. The predicted molar refractivity (Wildman–Crippen MR) is 49.0 cm³/mol. The van der Waals surface area contributed by atoms with Crippen molar-refractivity contribution in [3.05, 3.63) is 0 Å². The van der Waals surface area contributed by atoms with Gasteiger partial charge >= 0.3 is 0 Å². The SMILES string of the molecule is C#CC(C)NCC(COC)OC. The Morgan fingerprint density at radius 3 is 2.58 bits per heavy atom. The van der Waals surface area contributed by atoms with Gasteiger partial charge in [-0.3, -0.25) is 0 Å². The summed E-state index contributed by atoms with van der Waals surface area (Å²) in [7, 11) is 3.31. The third-order valence-electron chi connectivity index (χ3n) is 1.59. The standard InChI is InChI=1S/C9H17NO2/c1-5-8(2)10-6-9(12-4)7-11-3/h1,8-10H,6-7H2,2-4H3. The van der Waals surface area contributed by atoms with Gasteiger partial charge in [0.2, 0.25) is 0 Å². The highest BCUT2D eigenvalue weighted by Crippen LogP contribution is 1.89. The second kappa shape index (κ2) is 7.11. The first kappa shape index (κ1) is 11.4. The first-order valence-corrected chi connectivity index (χ1v) is 3.95. The van der Waals surface area contributed by atoms with Gasteiger partial charge in [-0.25, -0.2) is 0 Å². The largest absolute Gasteiger partial charge is 0.382 e. The minimum atomic E-state index is 0.0748. The Balaban J connectivity index is 3.51. The zero-order chi connectivity index (χ0) is 9.40. The molecular formula is C9H17NO2. The Bertz CT molecular complexity index is 142. The van der Waals surface area contributed by atoms with Gasteiger partial charge in [-0.1, -0.05) is 5.92 Å². The first-order chi connectivity index (χ1) is 5.74. The van der Waals surface area contributed by atoms with E-state index in [-0.39, 0.29) is 12.1 Å². The third kappa shape index (κ3) is 5.14. The molecule has 0 aromatic rings. The number of hydrogen-bond acceptors (Lipinski definition) is 3. The maximum Gasteiger partial charge on any atom is 0.0928 e. The van der Waals surface area contributed by atoms with Crippen LogP contribution in [0.3, 0.4) is 0 Å². The van der Waals surface area contributed by atoms with Gasteiger partial charge in [0, 0.05) is 20.8 Å². The van der Waals surface area contributed by atoms with Crippen molar-refractivity contribution in [1.82, 2.24) is 5.32 Å². The van der Waals surface area contributed by atoms with Crippen molar-refractivity contribution in [3.8, 4) is 12.3 Å². The topological polar surface area (TPSA) is 30.5 Å². The van der Waals surface area contributed by atoms with Gasteiger partial charge in [-0.15, -0.1) is 6.42 Å². The molecule has 1 N–H and O–H groups in total. The van der Waals surface area contributed by atoms with E-state index in [9.17, 15) is 0 Å². The van der Waals surface area contributed by atoms with Crippen LogP contribution < -0.4 is 5.32 Å². The molecule has 2 unspecified atom stereocenters. The molecule has 0 aromatic heterocycles. The van der Waals surface area contributed by atoms with Crippen LogP contribution in [0.4, 0.5) is 0 Å². The van der Waals surface area contributed by atoms with E-state index in [1.165, 1.54) is 0 Å². The summed E-state index contributed by atoms with van der Waals surface area (Å²) in [5.74, 6) is 2.58. The van der Waals surface area contributed by atoms with Crippen molar-refractivity contribution in [2.75, 3.05) is 27.4 Å². The molecule has 0 aliphatic heterocycles. The van der Waals surface area contributed by atoms with Crippen molar-refractivity contribution in [2.45, 2.75) is 19.1 Å². The van der Waals surface area contributed by atoms with Crippen molar-refractivity contribution in [2.24, 2.45) is 0 Å². The average molecular weight is 171 g/mol. The van der Waals surface area contributed by atoms with Crippen LogP contribution >= 0.6 is 0 Å². The van der Waals surface area contributed by atoms with E-state index in [0.717, 1.165) is 6.54 Å². The summed E-state index contributed by atoms with van der Waals surface area (Å²) in [4.78, 5) is 0. The van der Waals surface area contributed by atoms with Gasteiger partial charge < -0.3 is 14.8 Å². The van der Waals surface area contributed by atoms with Gasteiger partial charge in [0.05, 0.1) is 18.8 Å². The molecule has 0 saturated carbocycles. The van der Waals surface area contributed by atoms with Crippen LogP contribution in [0.2, 0.25) is 0 Å². The van der Waals surface area contributed by atoms with Crippen LogP contribution in [0.5, 0.6) is 0 Å². The quantitative estimate of drug-likeness (QED) is 0.581. The summed E-state index contributed by atoms with van der Waals surface area (Å²) in [5.41, 5.74) is 0. The molecule has 0 saturated heterocycles. The fourth-order valence-corrected chi connectivity index (χ4v) is 0.763. The lowest BCUT2D eigenvalue weighted by Crippen LogP contribution is -2.36. The molecule has 0 heterocycles. The van der Waals surface area contributed by atoms with Crippen molar-refractivity contribution in [1.29, 1.82) is 0 Å². The van der Waals surface area contributed by atoms with E-state index < -0.39 is 0 Å². The summed E-state index contributed by atoms with van der Waals surface area (Å²) < 4.78 is 10.1. The van der Waals surface area contributed by atoms with Gasteiger partial charge in [-0.2, -0.15) is 0 Å². The monoisotopic (exact) mass is 171 g/mol. The Labute approximate surface area is 74.4 Å². The highest BCUT2D eigenvalue weighted by Gasteiger charge is 2.06. The average Bonchev–Trinajstić information content (AvgIpc) is 2.11. The van der Waals surface area contributed by atoms with Gasteiger partial charge in [0.1, 0.15) is 0 Å². The minimum Gasteiger partial charge on any atom is -0.382 e. The maximum absolute atomic E-state index is 5.19. The van der Waals surface area contributed by atoms with Crippen LogP contribution in [-0.4, -0.2) is 39.5 Å². The molecule has 3 nitrogen and oxygen atoms in total. The summed E-state index contributed by atoms with van der Waals surface area (Å²) in [6, 6.07) is 0.0829. The second-order valence-corrected chi connectivity index (χ2v) is 2.61. The zero-order valence-electron chi connectivity index (χ0n) is 7.96. The normalized spacial score (nSPS) is 15.2. The Kier molecular flexibility index (Phi) is 6.78. The molecule has 0 radical (unpaired) electrons. The second-order valence-electron chi connectivity index (χ2n) is 2.61. The summed E-state index contributed by atoms with van der Waals surface area (Å²) in [6.45, 7) is 3.23. The molecule has 0 rings (SSSR count). The lowest BCUT2D eigenvalue weighted by molar-refractivity contribution is 0.0284. The van der Waals surface area contributed by atoms with E-state index in [2.05, 4.69) is 11.2 Å². The molecule has 12 heavy (non-hydrogen) atoms. The van der Waals surface area contributed by atoms with Crippen LogP contribution in [-0.2, 0) is 9.47 Å². The number of terminal acetylenes is 1.